The van der Waals surface area contributed by atoms with Crippen LogP contribution in [-0.4, -0.2) is 29.9 Å². The maximum absolute atomic E-state index is 10.9. The standard InChI is InChI=1S/C7H14N2O/c1-5-4-9(3)7(5,2)6(8)10/h5H,4H2,1-3H3,(H2,8,10). The summed E-state index contributed by atoms with van der Waals surface area (Å²) in [5.74, 6) is 0.184. The molecule has 2 N–H and O–H groups in total. The number of hydrogen-bond acceptors (Lipinski definition) is 2. The van der Waals surface area contributed by atoms with Crippen molar-refractivity contribution in [1.29, 1.82) is 0 Å². The predicted octanol–water partition coefficient (Wildman–Crippen LogP) is -0.188. The van der Waals surface area contributed by atoms with E-state index >= 15 is 0 Å². The van der Waals surface area contributed by atoms with Gasteiger partial charge in [0.15, 0.2) is 0 Å². The van der Waals surface area contributed by atoms with Gasteiger partial charge >= 0.3 is 0 Å². The Kier molecular flexibility index (Phi) is 1.47. The van der Waals surface area contributed by atoms with Crippen LogP contribution in [0.3, 0.4) is 0 Å². The molecule has 0 spiro atoms. The average molecular weight is 142 g/mol. The van der Waals surface area contributed by atoms with Gasteiger partial charge in [-0.3, -0.25) is 9.69 Å². The van der Waals surface area contributed by atoms with E-state index in [4.69, 9.17) is 5.73 Å². The Bertz CT molecular complexity index is 159. The molecule has 0 saturated carbocycles. The van der Waals surface area contributed by atoms with Crippen LogP contribution in [0.25, 0.3) is 0 Å². The molecule has 0 aliphatic carbocycles. The van der Waals surface area contributed by atoms with Gasteiger partial charge in [-0.1, -0.05) is 6.92 Å². The number of nitrogens with two attached hydrogens (primary N) is 1. The molecule has 1 rings (SSSR count). The minimum absolute atomic E-state index is 0.214. The first-order valence-corrected chi connectivity index (χ1v) is 3.50. The number of hydrogen-bond donors (Lipinski definition) is 1. The van der Waals surface area contributed by atoms with Crippen molar-refractivity contribution in [1.82, 2.24) is 4.90 Å². The zero-order valence-electron chi connectivity index (χ0n) is 6.72. The van der Waals surface area contributed by atoms with Crippen molar-refractivity contribution in [2.45, 2.75) is 19.4 Å². The summed E-state index contributed by atoms with van der Waals surface area (Å²) in [6.45, 7) is 4.91. The van der Waals surface area contributed by atoms with Crippen molar-refractivity contribution in [3.8, 4) is 0 Å². The molecule has 2 unspecified atom stereocenters. The average Bonchev–Trinajstić information content (AvgIpc) is 1.86. The van der Waals surface area contributed by atoms with Gasteiger partial charge in [0.1, 0.15) is 5.54 Å². The summed E-state index contributed by atoms with van der Waals surface area (Å²) < 4.78 is 0. The minimum atomic E-state index is -0.389. The largest absolute Gasteiger partial charge is 0.368 e. The quantitative estimate of drug-likeness (QED) is 0.551. The fourth-order valence-electron chi connectivity index (χ4n) is 1.47. The topological polar surface area (TPSA) is 46.3 Å². The van der Waals surface area contributed by atoms with Gasteiger partial charge in [-0.2, -0.15) is 0 Å². The zero-order chi connectivity index (χ0) is 7.94. The second-order valence-corrected chi connectivity index (χ2v) is 3.29. The molecule has 10 heavy (non-hydrogen) atoms. The van der Waals surface area contributed by atoms with Gasteiger partial charge in [-0.05, 0) is 19.9 Å². The van der Waals surface area contributed by atoms with Crippen molar-refractivity contribution >= 4 is 5.91 Å². The van der Waals surface area contributed by atoms with Crippen LogP contribution < -0.4 is 5.73 Å². The van der Waals surface area contributed by atoms with E-state index in [0.29, 0.717) is 5.92 Å². The summed E-state index contributed by atoms with van der Waals surface area (Å²) in [5, 5.41) is 0. The first kappa shape index (κ1) is 7.54. The van der Waals surface area contributed by atoms with Crippen LogP contribution >= 0.6 is 0 Å². The molecular formula is C7H14N2O. The maximum Gasteiger partial charge on any atom is 0.237 e. The Balaban J connectivity index is 2.75. The number of carbonyl (C=O) groups is 1. The van der Waals surface area contributed by atoms with E-state index in [1.807, 2.05) is 25.8 Å². The molecule has 1 saturated heterocycles. The highest BCUT2D eigenvalue weighted by molar-refractivity contribution is 5.85. The molecule has 0 aromatic heterocycles. The number of nitrogens with zero attached hydrogens (tertiary/aromatic N) is 1. The van der Waals surface area contributed by atoms with Gasteiger partial charge in [-0.15, -0.1) is 0 Å². The van der Waals surface area contributed by atoms with E-state index in [1.165, 1.54) is 0 Å². The van der Waals surface area contributed by atoms with Crippen molar-refractivity contribution in [3.63, 3.8) is 0 Å². The summed E-state index contributed by atoms with van der Waals surface area (Å²) in [5.41, 5.74) is 4.84. The van der Waals surface area contributed by atoms with Crippen LogP contribution in [0, 0.1) is 5.92 Å². The molecule has 2 atom stereocenters. The van der Waals surface area contributed by atoms with Crippen LogP contribution in [0.5, 0.6) is 0 Å². The van der Waals surface area contributed by atoms with Crippen LogP contribution in [0.15, 0.2) is 0 Å². The first-order chi connectivity index (χ1) is 4.49. The summed E-state index contributed by atoms with van der Waals surface area (Å²) in [7, 11) is 1.92. The van der Waals surface area contributed by atoms with E-state index in [0.717, 1.165) is 6.54 Å². The molecule has 1 aliphatic heterocycles. The number of primary amides is 1. The third-order valence-corrected chi connectivity index (χ3v) is 2.80. The van der Waals surface area contributed by atoms with Crippen molar-refractivity contribution in [3.05, 3.63) is 0 Å². The normalized spacial score (nSPS) is 40.9. The lowest BCUT2D eigenvalue weighted by Crippen LogP contribution is -2.68. The zero-order valence-corrected chi connectivity index (χ0v) is 6.72. The molecular weight excluding hydrogens is 128 g/mol. The Labute approximate surface area is 61.2 Å². The fourth-order valence-corrected chi connectivity index (χ4v) is 1.47. The van der Waals surface area contributed by atoms with Crippen LogP contribution in [0.4, 0.5) is 0 Å². The van der Waals surface area contributed by atoms with Crippen molar-refractivity contribution < 1.29 is 4.79 Å². The van der Waals surface area contributed by atoms with Crippen molar-refractivity contribution in [2.75, 3.05) is 13.6 Å². The van der Waals surface area contributed by atoms with Gasteiger partial charge in [0, 0.05) is 6.54 Å². The lowest BCUT2D eigenvalue weighted by atomic mass is 9.76. The van der Waals surface area contributed by atoms with Crippen LogP contribution in [-0.2, 0) is 4.79 Å². The summed E-state index contributed by atoms with van der Waals surface area (Å²) >= 11 is 0. The second kappa shape index (κ2) is 1.95. The van der Waals surface area contributed by atoms with Gasteiger partial charge in [0.05, 0.1) is 0 Å². The highest BCUT2D eigenvalue weighted by Crippen LogP contribution is 2.33. The molecule has 58 valence electrons. The van der Waals surface area contributed by atoms with Crippen LogP contribution in [0.1, 0.15) is 13.8 Å². The van der Waals surface area contributed by atoms with E-state index < -0.39 is 0 Å². The smallest absolute Gasteiger partial charge is 0.237 e. The Hall–Kier alpha value is -0.570. The lowest BCUT2D eigenvalue weighted by Gasteiger charge is -2.51. The van der Waals surface area contributed by atoms with Gasteiger partial charge < -0.3 is 5.73 Å². The number of carbonyl (C=O) groups excluding carboxylic acids is 1. The summed E-state index contributed by atoms with van der Waals surface area (Å²) in [4.78, 5) is 12.9. The lowest BCUT2D eigenvalue weighted by molar-refractivity contribution is -0.142. The maximum atomic E-state index is 10.9. The van der Waals surface area contributed by atoms with Crippen LogP contribution in [0.2, 0.25) is 0 Å². The number of rotatable bonds is 1. The Morgan fingerprint density at radius 3 is 2.40 bits per heavy atom. The molecule has 1 heterocycles. The molecule has 0 bridgehead atoms. The molecule has 3 heteroatoms. The molecule has 1 aliphatic rings. The number of likely N-dealkylation sites (tertiary alicyclic amines) is 1. The second-order valence-electron chi connectivity index (χ2n) is 3.29. The SMILES string of the molecule is CC1CN(C)C1(C)C(N)=O. The van der Waals surface area contributed by atoms with E-state index in [2.05, 4.69) is 0 Å². The van der Waals surface area contributed by atoms with Gasteiger partial charge in [0.2, 0.25) is 5.91 Å². The van der Waals surface area contributed by atoms with E-state index in [1.54, 1.807) is 0 Å². The predicted molar refractivity (Wildman–Crippen MR) is 39.4 cm³/mol. The Morgan fingerprint density at radius 2 is 2.30 bits per heavy atom. The molecule has 0 aromatic rings. The molecule has 0 aromatic carbocycles. The molecule has 0 radical (unpaired) electrons. The highest BCUT2D eigenvalue weighted by atomic mass is 16.1. The number of amides is 1. The van der Waals surface area contributed by atoms with Gasteiger partial charge in [-0.25, -0.2) is 0 Å². The summed E-state index contributed by atoms with van der Waals surface area (Å²) in [6.07, 6.45) is 0. The van der Waals surface area contributed by atoms with Gasteiger partial charge in [0.25, 0.3) is 0 Å². The molecule has 1 fully saturated rings. The monoisotopic (exact) mass is 142 g/mol. The first-order valence-electron chi connectivity index (χ1n) is 3.50. The highest BCUT2D eigenvalue weighted by Gasteiger charge is 2.49. The Morgan fingerprint density at radius 1 is 1.80 bits per heavy atom. The fraction of sp³-hybridized carbons (Fsp3) is 0.857. The molecule has 1 amide bonds. The third kappa shape index (κ3) is 0.669. The third-order valence-electron chi connectivity index (χ3n) is 2.80. The van der Waals surface area contributed by atoms with Crippen molar-refractivity contribution in [2.24, 2.45) is 11.7 Å². The number of likely N-dealkylation sites (N-methyl/N-ethyl adjacent to an activating group) is 1. The van der Waals surface area contributed by atoms with E-state index in [9.17, 15) is 4.79 Å². The summed E-state index contributed by atoms with van der Waals surface area (Å²) in [6, 6.07) is 0. The minimum Gasteiger partial charge on any atom is -0.368 e. The molecule has 3 nitrogen and oxygen atoms in total. The van der Waals surface area contributed by atoms with E-state index in [-0.39, 0.29) is 11.4 Å².